The first kappa shape index (κ1) is 13.0. The molecule has 0 saturated carbocycles. The van der Waals surface area contributed by atoms with Crippen molar-refractivity contribution < 1.29 is 4.39 Å². The van der Waals surface area contributed by atoms with Crippen molar-refractivity contribution >= 4 is 22.9 Å². The Morgan fingerprint density at radius 3 is 2.78 bits per heavy atom. The van der Waals surface area contributed by atoms with Crippen molar-refractivity contribution in [3.8, 4) is 6.07 Å². The summed E-state index contributed by atoms with van der Waals surface area (Å²) < 4.78 is 14.5. The highest BCUT2D eigenvalue weighted by molar-refractivity contribution is 7.16. The third-order valence-electron chi connectivity index (χ3n) is 2.44. The molecule has 92 valence electrons. The second-order valence-corrected chi connectivity index (χ2v) is 5.50. The quantitative estimate of drug-likeness (QED) is 0.927. The second-order valence-electron chi connectivity index (χ2n) is 3.70. The highest BCUT2D eigenvalue weighted by Gasteiger charge is 2.07. The molecule has 5 heteroatoms. The van der Waals surface area contributed by atoms with Gasteiger partial charge >= 0.3 is 0 Å². The van der Waals surface area contributed by atoms with Crippen LogP contribution in [0.3, 0.4) is 0 Å². The molecule has 0 unspecified atom stereocenters. The predicted molar refractivity (Wildman–Crippen MR) is 71.0 cm³/mol. The fourth-order valence-corrected chi connectivity index (χ4v) is 2.63. The lowest BCUT2D eigenvalue weighted by molar-refractivity contribution is 0.586. The topological polar surface area (TPSA) is 35.8 Å². The van der Waals surface area contributed by atoms with Crippen LogP contribution in [0.1, 0.15) is 16.0 Å². The Balaban J connectivity index is 1.97. The zero-order chi connectivity index (χ0) is 13.0. The Morgan fingerprint density at radius 1 is 1.28 bits per heavy atom. The maximum atomic E-state index is 13.7. The summed E-state index contributed by atoms with van der Waals surface area (Å²) in [6, 6.07) is 10.4. The number of hydrogen-bond donors (Lipinski definition) is 1. The Bertz CT molecular complexity index is 589. The summed E-state index contributed by atoms with van der Waals surface area (Å²) in [5.74, 6) is -0.447. The lowest BCUT2D eigenvalue weighted by atomic mass is 10.1. The van der Waals surface area contributed by atoms with E-state index in [0.717, 1.165) is 9.21 Å². The molecule has 18 heavy (non-hydrogen) atoms. The smallest absolute Gasteiger partial charge is 0.145 e. The van der Waals surface area contributed by atoms with Crippen molar-refractivity contribution in [3.63, 3.8) is 0 Å². The lowest BCUT2D eigenvalue weighted by Gasteiger charge is -2.05. The Kier molecular flexibility index (Phi) is 4.32. The van der Waals surface area contributed by atoms with Gasteiger partial charge in [0.05, 0.1) is 9.90 Å². The van der Waals surface area contributed by atoms with Crippen molar-refractivity contribution in [1.82, 2.24) is 5.32 Å². The van der Waals surface area contributed by atoms with E-state index in [-0.39, 0.29) is 5.56 Å². The molecule has 2 rings (SSSR count). The van der Waals surface area contributed by atoms with Gasteiger partial charge in [0.25, 0.3) is 0 Å². The van der Waals surface area contributed by atoms with E-state index in [1.807, 2.05) is 18.2 Å². The van der Waals surface area contributed by atoms with E-state index >= 15 is 0 Å². The largest absolute Gasteiger partial charge is 0.308 e. The van der Waals surface area contributed by atoms with Gasteiger partial charge in [-0.1, -0.05) is 23.7 Å². The molecule has 2 nitrogen and oxygen atoms in total. The highest BCUT2D eigenvalue weighted by Crippen LogP contribution is 2.21. The molecular formula is C13H10ClFN2S. The summed E-state index contributed by atoms with van der Waals surface area (Å²) in [5.41, 5.74) is 0.574. The molecule has 0 atom stereocenters. The van der Waals surface area contributed by atoms with Gasteiger partial charge in [-0.3, -0.25) is 0 Å². The highest BCUT2D eigenvalue weighted by atomic mass is 35.5. The average Bonchev–Trinajstić information content (AvgIpc) is 2.77. The number of nitrogens with one attached hydrogen (secondary N) is 1. The lowest BCUT2D eigenvalue weighted by Crippen LogP contribution is -2.13. The van der Waals surface area contributed by atoms with Crippen LogP contribution >= 0.6 is 22.9 Å². The number of halogens is 2. The molecule has 1 aromatic carbocycles. The maximum absolute atomic E-state index is 13.7. The predicted octanol–water partition coefficient (Wildman–Crippen LogP) is 3.70. The minimum atomic E-state index is -0.447. The first-order chi connectivity index (χ1) is 8.70. The molecule has 0 radical (unpaired) electrons. The standard InChI is InChI=1S/C13H10ClFN2S/c14-12-5-4-11(18-12)8-17-7-10-3-1-2-9(6-16)13(10)15/h1-5,17H,7-8H2. The van der Waals surface area contributed by atoms with Gasteiger partial charge in [-0.15, -0.1) is 11.3 Å². The van der Waals surface area contributed by atoms with Crippen LogP contribution in [0.15, 0.2) is 30.3 Å². The minimum Gasteiger partial charge on any atom is -0.308 e. The summed E-state index contributed by atoms with van der Waals surface area (Å²) in [6.45, 7) is 1.02. The van der Waals surface area contributed by atoms with E-state index in [4.69, 9.17) is 16.9 Å². The molecule has 0 saturated heterocycles. The fraction of sp³-hybridized carbons (Fsp3) is 0.154. The van der Waals surface area contributed by atoms with E-state index in [0.29, 0.717) is 18.7 Å². The summed E-state index contributed by atoms with van der Waals surface area (Å²) >= 11 is 7.31. The van der Waals surface area contributed by atoms with E-state index < -0.39 is 5.82 Å². The molecule has 1 N–H and O–H groups in total. The van der Waals surface area contributed by atoms with Crippen molar-refractivity contribution in [3.05, 3.63) is 56.5 Å². The molecule has 0 spiro atoms. The molecule has 0 aliphatic rings. The fourth-order valence-electron chi connectivity index (χ4n) is 1.57. The first-order valence-electron chi connectivity index (χ1n) is 5.33. The average molecular weight is 281 g/mol. The maximum Gasteiger partial charge on any atom is 0.145 e. The molecule has 0 bridgehead atoms. The van der Waals surface area contributed by atoms with Crippen molar-refractivity contribution in [2.24, 2.45) is 0 Å². The zero-order valence-electron chi connectivity index (χ0n) is 9.41. The summed E-state index contributed by atoms with van der Waals surface area (Å²) in [4.78, 5) is 1.09. The van der Waals surface area contributed by atoms with E-state index in [9.17, 15) is 4.39 Å². The van der Waals surface area contributed by atoms with Gasteiger partial charge in [-0.05, 0) is 18.2 Å². The molecular weight excluding hydrogens is 271 g/mol. The van der Waals surface area contributed by atoms with Crippen LogP contribution in [0, 0.1) is 17.1 Å². The number of benzene rings is 1. The van der Waals surface area contributed by atoms with E-state index in [1.165, 1.54) is 17.4 Å². The second kappa shape index (κ2) is 5.96. The monoisotopic (exact) mass is 280 g/mol. The van der Waals surface area contributed by atoms with Crippen LogP contribution in [0.25, 0.3) is 0 Å². The van der Waals surface area contributed by atoms with Crippen LogP contribution < -0.4 is 5.32 Å². The number of nitriles is 1. The van der Waals surface area contributed by atoms with Gasteiger partial charge < -0.3 is 5.32 Å². The van der Waals surface area contributed by atoms with E-state index in [1.54, 1.807) is 12.1 Å². The van der Waals surface area contributed by atoms with Crippen molar-refractivity contribution in [1.29, 1.82) is 5.26 Å². The Labute approximate surface area is 114 Å². The van der Waals surface area contributed by atoms with Crippen molar-refractivity contribution in [2.45, 2.75) is 13.1 Å². The number of thiophene rings is 1. The first-order valence-corrected chi connectivity index (χ1v) is 6.52. The SMILES string of the molecule is N#Cc1cccc(CNCc2ccc(Cl)s2)c1F. The van der Waals surface area contributed by atoms with Gasteiger partial charge in [0.2, 0.25) is 0 Å². The summed E-state index contributed by atoms with van der Waals surface area (Å²) in [6.07, 6.45) is 0. The molecule has 2 aromatic rings. The summed E-state index contributed by atoms with van der Waals surface area (Å²) in [7, 11) is 0. The van der Waals surface area contributed by atoms with Gasteiger partial charge in [-0.25, -0.2) is 4.39 Å². The Morgan fingerprint density at radius 2 is 2.11 bits per heavy atom. The van der Waals surface area contributed by atoms with Crippen LogP contribution in [-0.2, 0) is 13.1 Å². The number of hydrogen-bond acceptors (Lipinski definition) is 3. The van der Waals surface area contributed by atoms with Gasteiger partial charge in [0.15, 0.2) is 0 Å². The van der Waals surface area contributed by atoms with E-state index in [2.05, 4.69) is 5.32 Å². The molecule has 1 aromatic heterocycles. The molecule has 1 heterocycles. The van der Waals surface area contributed by atoms with Crippen LogP contribution in [0.4, 0.5) is 4.39 Å². The third kappa shape index (κ3) is 3.08. The van der Waals surface area contributed by atoms with Crippen LogP contribution in [-0.4, -0.2) is 0 Å². The molecule has 0 aliphatic heterocycles. The number of nitrogens with zero attached hydrogens (tertiary/aromatic N) is 1. The number of rotatable bonds is 4. The van der Waals surface area contributed by atoms with Crippen LogP contribution in [0.5, 0.6) is 0 Å². The minimum absolute atomic E-state index is 0.0773. The zero-order valence-corrected chi connectivity index (χ0v) is 11.0. The summed E-state index contributed by atoms with van der Waals surface area (Å²) in [5, 5.41) is 11.9. The van der Waals surface area contributed by atoms with Gasteiger partial charge in [0.1, 0.15) is 11.9 Å². The van der Waals surface area contributed by atoms with Crippen molar-refractivity contribution in [2.75, 3.05) is 0 Å². The van der Waals surface area contributed by atoms with Crippen LogP contribution in [0.2, 0.25) is 4.34 Å². The van der Waals surface area contributed by atoms with Gasteiger partial charge in [-0.2, -0.15) is 5.26 Å². The third-order valence-corrected chi connectivity index (χ3v) is 3.67. The normalized spacial score (nSPS) is 10.3. The molecule has 0 aliphatic carbocycles. The molecule has 0 fully saturated rings. The van der Waals surface area contributed by atoms with Gasteiger partial charge in [0, 0.05) is 23.5 Å². The molecule has 0 amide bonds. The Hall–Kier alpha value is -1.41.